The first-order chi connectivity index (χ1) is 14.4. The maximum absolute atomic E-state index is 13.1. The summed E-state index contributed by atoms with van der Waals surface area (Å²) in [7, 11) is 0. The second-order valence-corrected chi connectivity index (χ2v) is 8.64. The standard InChI is InChI=1S/C22H23N3O4S/c1-13(2)29-22(28)19-14(3)18-20(30-19)23-12-24(21(18)27)11-17(26)25-10-6-8-15-7-4-5-9-16(15)25/h4-5,7,9,12-13H,6,8,10-11H2,1-3H3. The van der Waals surface area contributed by atoms with Crippen LogP contribution in [0.25, 0.3) is 10.2 Å². The molecule has 7 nitrogen and oxygen atoms in total. The summed E-state index contributed by atoms with van der Waals surface area (Å²) in [5, 5.41) is 0.366. The Morgan fingerprint density at radius 3 is 2.80 bits per heavy atom. The van der Waals surface area contributed by atoms with Crippen molar-refractivity contribution in [3.63, 3.8) is 0 Å². The van der Waals surface area contributed by atoms with E-state index in [1.54, 1.807) is 25.7 Å². The van der Waals surface area contributed by atoms with Crippen LogP contribution in [0.1, 0.15) is 41.1 Å². The minimum absolute atomic E-state index is 0.100. The Morgan fingerprint density at radius 1 is 1.27 bits per heavy atom. The van der Waals surface area contributed by atoms with Crippen molar-refractivity contribution in [2.45, 2.75) is 46.3 Å². The van der Waals surface area contributed by atoms with Gasteiger partial charge in [-0.1, -0.05) is 18.2 Å². The number of thiophene rings is 1. The van der Waals surface area contributed by atoms with Gasteiger partial charge in [0.05, 0.1) is 17.8 Å². The van der Waals surface area contributed by atoms with Crippen molar-refractivity contribution in [3.8, 4) is 0 Å². The maximum Gasteiger partial charge on any atom is 0.348 e. The molecule has 0 saturated heterocycles. The fraction of sp³-hybridized carbons (Fsp3) is 0.364. The summed E-state index contributed by atoms with van der Waals surface area (Å²) in [6.07, 6.45) is 2.96. The number of hydrogen-bond acceptors (Lipinski definition) is 6. The fourth-order valence-electron chi connectivity index (χ4n) is 3.76. The van der Waals surface area contributed by atoms with Crippen LogP contribution in [0, 0.1) is 6.92 Å². The lowest BCUT2D eigenvalue weighted by atomic mass is 10.0. The molecule has 0 atom stereocenters. The van der Waals surface area contributed by atoms with Gasteiger partial charge in [-0.15, -0.1) is 11.3 Å². The van der Waals surface area contributed by atoms with Crippen LogP contribution in [0.3, 0.4) is 0 Å². The summed E-state index contributed by atoms with van der Waals surface area (Å²) < 4.78 is 6.59. The lowest BCUT2D eigenvalue weighted by Crippen LogP contribution is -2.39. The number of fused-ring (bicyclic) bond motifs is 2. The zero-order valence-electron chi connectivity index (χ0n) is 17.2. The molecule has 8 heteroatoms. The maximum atomic E-state index is 13.1. The minimum Gasteiger partial charge on any atom is -0.459 e. The van der Waals surface area contributed by atoms with Crippen molar-refractivity contribution in [2.24, 2.45) is 0 Å². The number of aromatic nitrogens is 2. The summed E-state index contributed by atoms with van der Waals surface area (Å²) in [5.41, 5.74) is 2.26. The molecule has 0 radical (unpaired) electrons. The van der Waals surface area contributed by atoms with E-state index in [9.17, 15) is 14.4 Å². The lowest BCUT2D eigenvalue weighted by Gasteiger charge is -2.29. The molecule has 0 spiro atoms. The van der Waals surface area contributed by atoms with Crippen molar-refractivity contribution in [1.82, 2.24) is 9.55 Å². The number of benzene rings is 1. The van der Waals surface area contributed by atoms with Crippen molar-refractivity contribution >= 4 is 39.1 Å². The topological polar surface area (TPSA) is 81.5 Å². The van der Waals surface area contributed by atoms with Crippen LogP contribution in [0.4, 0.5) is 5.69 Å². The number of nitrogens with zero attached hydrogens (tertiary/aromatic N) is 3. The highest BCUT2D eigenvalue weighted by Crippen LogP contribution is 2.29. The Bertz CT molecular complexity index is 1190. The third kappa shape index (κ3) is 3.63. The predicted octanol–water partition coefficient (Wildman–Crippen LogP) is 3.31. The minimum atomic E-state index is -0.461. The van der Waals surface area contributed by atoms with E-state index in [1.807, 2.05) is 24.3 Å². The summed E-state index contributed by atoms with van der Waals surface area (Å²) in [6, 6.07) is 7.85. The largest absolute Gasteiger partial charge is 0.459 e. The number of carbonyl (C=O) groups excluding carboxylic acids is 2. The van der Waals surface area contributed by atoms with Crippen molar-refractivity contribution in [1.29, 1.82) is 0 Å². The van der Waals surface area contributed by atoms with E-state index >= 15 is 0 Å². The van der Waals surface area contributed by atoms with Gasteiger partial charge in [0.1, 0.15) is 16.3 Å². The van der Waals surface area contributed by atoms with Gasteiger partial charge in [-0.25, -0.2) is 9.78 Å². The lowest BCUT2D eigenvalue weighted by molar-refractivity contribution is -0.119. The van der Waals surface area contributed by atoms with Gasteiger partial charge in [-0.3, -0.25) is 14.2 Å². The van der Waals surface area contributed by atoms with Gasteiger partial charge in [0.25, 0.3) is 5.56 Å². The van der Waals surface area contributed by atoms with E-state index < -0.39 is 5.97 Å². The fourth-order valence-corrected chi connectivity index (χ4v) is 4.78. The molecule has 3 aromatic rings. The van der Waals surface area contributed by atoms with E-state index in [1.165, 1.54) is 10.9 Å². The van der Waals surface area contributed by atoms with Gasteiger partial charge in [-0.05, 0) is 50.8 Å². The highest BCUT2D eigenvalue weighted by molar-refractivity contribution is 7.20. The molecule has 1 amide bonds. The predicted molar refractivity (Wildman–Crippen MR) is 116 cm³/mol. The SMILES string of the molecule is Cc1c(C(=O)OC(C)C)sc2ncn(CC(=O)N3CCCc4ccccc43)c(=O)c12. The molecule has 1 aliphatic heterocycles. The molecular weight excluding hydrogens is 402 g/mol. The number of ether oxygens (including phenoxy) is 1. The number of hydrogen-bond donors (Lipinski definition) is 0. The normalized spacial score (nSPS) is 13.5. The van der Waals surface area contributed by atoms with Gasteiger partial charge in [0.2, 0.25) is 5.91 Å². The molecule has 0 N–H and O–H groups in total. The van der Waals surface area contributed by atoms with E-state index in [0.29, 0.717) is 27.2 Å². The van der Waals surface area contributed by atoms with E-state index in [0.717, 1.165) is 35.4 Å². The molecule has 0 aliphatic carbocycles. The van der Waals surface area contributed by atoms with Gasteiger partial charge < -0.3 is 9.64 Å². The number of aryl methyl sites for hydroxylation is 2. The van der Waals surface area contributed by atoms with Crippen molar-refractivity contribution < 1.29 is 14.3 Å². The summed E-state index contributed by atoms with van der Waals surface area (Å²) >= 11 is 1.14. The van der Waals surface area contributed by atoms with Gasteiger partial charge in [-0.2, -0.15) is 0 Å². The van der Waals surface area contributed by atoms with Crippen LogP contribution in [-0.2, 0) is 22.5 Å². The summed E-state index contributed by atoms with van der Waals surface area (Å²) in [5.74, 6) is -0.616. The molecule has 3 heterocycles. The average Bonchev–Trinajstić information content (AvgIpc) is 3.06. The quantitative estimate of drug-likeness (QED) is 0.599. The Kier molecular flexibility index (Phi) is 5.42. The smallest absolute Gasteiger partial charge is 0.348 e. The van der Waals surface area contributed by atoms with Crippen LogP contribution in [0.2, 0.25) is 0 Å². The molecule has 0 bridgehead atoms. The second-order valence-electron chi connectivity index (χ2n) is 7.65. The Balaban J connectivity index is 1.65. The number of para-hydroxylation sites is 1. The molecule has 1 aromatic carbocycles. The Morgan fingerprint density at radius 2 is 2.03 bits per heavy atom. The monoisotopic (exact) mass is 425 g/mol. The molecule has 4 rings (SSSR count). The number of anilines is 1. The van der Waals surface area contributed by atoms with Crippen LogP contribution in [0.15, 0.2) is 35.4 Å². The molecule has 0 fully saturated rings. The first-order valence-corrected chi connectivity index (χ1v) is 10.8. The molecule has 30 heavy (non-hydrogen) atoms. The molecule has 1 aliphatic rings. The first kappa shape index (κ1) is 20.3. The molecule has 0 unspecified atom stereocenters. The van der Waals surface area contributed by atoms with Crippen LogP contribution < -0.4 is 10.5 Å². The van der Waals surface area contributed by atoms with Crippen LogP contribution in [0.5, 0.6) is 0 Å². The first-order valence-electron chi connectivity index (χ1n) is 9.94. The molecule has 0 saturated carbocycles. The second kappa shape index (κ2) is 8.02. The van der Waals surface area contributed by atoms with E-state index in [4.69, 9.17) is 4.74 Å². The van der Waals surface area contributed by atoms with E-state index in [2.05, 4.69) is 4.98 Å². The van der Waals surface area contributed by atoms with Gasteiger partial charge in [0, 0.05) is 12.2 Å². The molecule has 2 aromatic heterocycles. The summed E-state index contributed by atoms with van der Waals surface area (Å²) in [6.45, 7) is 5.79. The van der Waals surface area contributed by atoms with Crippen molar-refractivity contribution in [3.05, 3.63) is 57.0 Å². The summed E-state index contributed by atoms with van der Waals surface area (Å²) in [4.78, 5) is 45.3. The third-order valence-corrected chi connectivity index (χ3v) is 6.34. The zero-order chi connectivity index (χ0) is 21.4. The van der Waals surface area contributed by atoms with Gasteiger partial charge >= 0.3 is 5.97 Å². The van der Waals surface area contributed by atoms with E-state index in [-0.39, 0.29) is 24.1 Å². The number of rotatable bonds is 4. The Labute approximate surface area is 177 Å². The van der Waals surface area contributed by atoms with Gasteiger partial charge in [0.15, 0.2) is 0 Å². The molecular formula is C22H23N3O4S. The average molecular weight is 426 g/mol. The highest BCUT2D eigenvalue weighted by Gasteiger charge is 2.25. The van der Waals surface area contributed by atoms with Crippen LogP contribution >= 0.6 is 11.3 Å². The number of esters is 1. The third-order valence-electron chi connectivity index (χ3n) is 5.16. The highest BCUT2D eigenvalue weighted by atomic mass is 32.1. The molecule has 156 valence electrons. The van der Waals surface area contributed by atoms with Crippen LogP contribution in [-0.4, -0.2) is 34.1 Å². The Hall–Kier alpha value is -3.00. The zero-order valence-corrected chi connectivity index (χ0v) is 18.0. The van der Waals surface area contributed by atoms with Crippen molar-refractivity contribution in [2.75, 3.05) is 11.4 Å². The number of amides is 1. The number of carbonyl (C=O) groups is 2.